The van der Waals surface area contributed by atoms with Crippen LogP contribution in [0, 0.1) is 0 Å². The number of hydrogen-bond donors (Lipinski definition) is 2. The van der Waals surface area contributed by atoms with Crippen LogP contribution in [0.3, 0.4) is 0 Å². The van der Waals surface area contributed by atoms with Gasteiger partial charge in [0.25, 0.3) is 0 Å². The first kappa shape index (κ1) is 11.9. The van der Waals surface area contributed by atoms with Crippen molar-refractivity contribution >= 4 is 34.0 Å². The van der Waals surface area contributed by atoms with E-state index in [-0.39, 0.29) is 6.04 Å². The molecule has 0 spiro atoms. The molecule has 1 unspecified atom stereocenters. The average Bonchev–Trinajstić information content (AvgIpc) is 2.93. The Balaban J connectivity index is 1.94. The van der Waals surface area contributed by atoms with Gasteiger partial charge in [0.2, 0.25) is 0 Å². The summed E-state index contributed by atoms with van der Waals surface area (Å²) in [5.74, 6) is 1.07. The van der Waals surface area contributed by atoms with Crippen molar-refractivity contribution in [3.8, 4) is 0 Å². The molecule has 2 aromatic heterocycles. The minimum Gasteiger partial charge on any atom is -0.381 e. The Bertz CT molecular complexity index is 694. The summed E-state index contributed by atoms with van der Waals surface area (Å²) < 4.78 is 0. The lowest BCUT2D eigenvalue weighted by Gasteiger charge is -2.14. The zero-order chi connectivity index (χ0) is 13.2. The molecule has 0 saturated carbocycles. The van der Waals surface area contributed by atoms with E-state index in [9.17, 15) is 0 Å². The molecule has 3 aromatic rings. The fraction of sp³-hybridized carbons (Fsp3) is 0.143. The van der Waals surface area contributed by atoms with E-state index < -0.39 is 0 Å². The normalized spacial score (nSPS) is 12.5. The maximum absolute atomic E-state index is 5.95. The molecule has 0 aliphatic heterocycles. The number of hydrogen-bond acceptors (Lipinski definition) is 5. The highest BCUT2D eigenvalue weighted by Crippen LogP contribution is 2.24. The molecule has 19 heavy (non-hydrogen) atoms. The first-order valence-electron chi connectivity index (χ1n) is 6.05. The third-order valence-corrected chi connectivity index (χ3v) is 3.70. The van der Waals surface area contributed by atoms with E-state index in [0.717, 1.165) is 11.0 Å². The Labute approximate surface area is 115 Å². The highest BCUT2D eigenvalue weighted by Gasteiger charge is 2.10. The van der Waals surface area contributed by atoms with Crippen LogP contribution in [-0.4, -0.2) is 9.97 Å². The van der Waals surface area contributed by atoms with Crippen molar-refractivity contribution in [1.29, 1.82) is 0 Å². The molecule has 0 aliphatic carbocycles. The molecule has 3 rings (SSSR count). The highest BCUT2D eigenvalue weighted by molar-refractivity contribution is 7.07. The SMILES string of the molecule is CC(Nc1nc2ccccc2nc1N)c1ccsc1. The summed E-state index contributed by atoms with van der Waals surface area (Å²) in [4.78, 5) is 8.89. The standard InChI is InChI=1S/C14H14N4S/c1-9(10-6-7-19-8-10)16-14-13(15)17-11-4-2-3-5-12(11)18-14/h2-9H,1H3,(H2,15,17)(H,16,18). The first-order valence-corrected chi connectivity index (χ1v) is 6.99. The van der Waals surface area contributed by atoms with Crippen molar-refractivity contribution in [2.24, 2.45) is 0 Å². The lowest BCUT2D eigenvalue weighted by molar-refractivity contribution is 0.881. The number of anilines is 2. The van der Waals surface area contributed by atoms with Crippen LogP contribution in [-0.2, 0) is 0 Å². The number of nitrogens with one attached hydrogen (secondary N) is 1. The maximum atomic E-state index is 5.95. The monoisotopic (exact) mass is 270 g/mol. The summed E-state index contributed by atoms with van der Waals surface area (Å²) in [6.45, 7) is 2.08. The van der Waals surface area contributed by atoms with Gasteiger partial charge in [-0.05, 0) is 41.4 Å². The van der Waals surface area contributed by atoms with E-state index in [2.05, 4.69) is 39.0 Å². The van der Waals surface area contributed by atoms with E-state index in [1.54, 1.807) is 11.3 Å². The Kier molecular flexibility index (Phi) is 3.05. The van der Waals surface area contributed by atoms with Crippen LogP contribution in [0.15, 0.2) is 41.1 Å². The summed E-state index contributed by atoms with van der Waals surface area (Å²) in [5, 5.41) is 7.48. The Hall–Kier alpha value is -2.14. The second-order valence-corrected chi connectivity index (χ2v) is 5.15. The van der Waals surface area contributed by atoms with Gasteiger partial charge in [0.1, 0.15) is 0 Å². The first-order chi connectivity index (χ1) is 9.24. The van der Waals surface area contributed by atoms with Crippen LogP contribution in [0.25, 0.3) is 11.0 Å². The van der Waals surface area contributed by atoms with E-state index in [0.29, 0.717) is 11.6 Å². The molecule has 96 valence electrons. The number of nitrogen functional groups attached to an aromatic ring is 1. The molecule has 0 radical (unpaired) electrons. The molecule has 0 aliphatic rings. The van der Waals surface area contributed by atoms with E-state index in [1.807, 2.05) is 24.3 Å². The summed E-state index contributed by atoms with van der Waals surface area (Å²) >= 11 is 1.68. The molecule has 0 saturated heterocycles. The van der Waals surface area contributed by atoms with Crippen LogP contribution in [0.4, 0.5) is 11.6 Å². The summed E-state index contributed by atoms with van der Waals surface area (Å²) in [6.07, 6.45) is 0. The van der Waals surface area contributed by atoms with Gasteiger partial charge in [-0.15, -0.1) is 0 Å². The predicted octanol–water partition coefficient (Wildman–Crippen LogP) is 3.45. The van der Waals surface area contributed by atoms with E-state index >= 15 is 0 Å². The van der Waals surface area contributed by atoms with Gasteiger partial charge in [-0.25, -0.2) is 9.97 Å². The van der Waals surface area contributed by atoms with Gasteiger partial charge in [-0.3, -0.25) is 0 Å². The Morgan fingerprint density at radius 2 is 1.89 bits per heavy atom. The zero-order valence-corrected chi connectivity index (χ0v) is 11.3. The van der Waals surface area contributed by atoms with Crippen LogP contribution in [0.2, 0.25) is 0 Å². The fourth-order valence-electron chi connectivity index (χ4n) is 1.93. The van der Waals surface area contributed by atoms with Gasteiger partial charge in [-0.2, -0.15) is 11.3 Å². The lowest BCUT2D eigenvalue weighted by Crippen LogP contribution is -2.10. The van der Waals surface area contributed by atoms with Gasteiger partial charge in [0.05, 0.1) is 17.1 Å². The minimum atomic E-state index is 0.156. The van der Waals surface area contributed by atoms with Crippen molar-refractivity contribution in [1.82, 2.24) is 9.97 Å². The second-order valence-electron chi connectivity index (χ2n) is 4.37. The molecule has 2 heterocycles. The van der Waals surface area contributed by atoms with Crippen molar-refractivity contribution in [2.45, 2.75) is 13.0 Å². The third-order valence-electron chi connectivity index (χ3n) is 2.99. The van der Waals surface area contributed by atoms with Crippen LogP contribution >= 0.6 is 11.3 Å². The third kappa shape index (κ3) is 2.37. The topological polar surface area (TPSA) is 63.8 Å². The molecule has 5 heteroatoms. The molecular formula is C14H14N4S. The van der Waals surface area contributed by atoms with E-state index in [4.69, 9.17) is 5.73 Å². The highest BCUT2D eigenvalue weighted by atomic mass is 32.1. The van der Waals surface area contributed by atoms with Crippen LogP contribution < -0.4 is 11.1 Å². The van der Waals surface area contributed by atoms with Gasteiger partial charge in [0, 0.05) is 0 Å². The summed E-state index contributed by atoms with van der Waals surface area (Å²) in [7, 11) is 0. The Morgan fingerprint density at radius 1 is 1.16 bits per heavy atom. The minimum absolute atomic E-state index is 0.156. The predicted molar refractivity (Wildman–Crippen MR) is 80.3 cm³/mol. The molecule has 1 atom stereocenters. The number of fused-ring (bicyclic) bond motifs is 1. The summed E-state index contributed by atoms with van der Waals surface area (Å²) in [6, 6.07) is 9.96. The Morgan fingerprint density at radius 3 is 2.58 bits per heavy atom. The molecule has 0 fully saturated rings. The molecule has 0 bridgehead atoms. The molecular weight excluding hydrogens is 256 g/mol. The maximum Gasteiger partial charge on any atom is 0.170 e. The zero-order valence-electron chi connectivity index (χ0n) is 10.5. The van der Waals surface area contributed by atoms with Gasteiger partial charge >= 0.3 is 0 Å². The van der Waals surface area contributed by atoms with Crippen molar-refractivity contribution in [2.75, 3.05) is 11.1 Å². The fourth-order valence-corrected chi connectivity index (χ4v) is 2.68. The molecule has 3 N–H and O–H groups in total. The van der Waals surface area contributed by atoms with Gasteiger partial charge in [0.15, 0.2) is 11.6 Å². The quantitative estimate of drug-likeness (QED) is 0.765. The second kappa shape index (κ2) is 4.85. The smallest absolute Gasteiger partial charge is 0.170 e. The van der Waals surface area contributed by atoms with Crippen LogP contribution in [0.5, 0.6) is 0 Å². The number of nitrogens with zero attached hydrogens (tertiary/aromatic N) is 2. The molecule has 1 aromatic carbocycles. The van der Waals surface area contributed by atoms with Gasteiger partial charge in [-0.1, -0.05) is 12.1 Å². The molecule has 0 amide bonds. The lowest BCUT2D eigenvalue weighted by atomic mass is 10.2. The van der Waals surface area contributed by atoms with E-state index in [1.165, 1.54) is 5.56 Å². The summed E-state index contributed by atoms with van der Waals surface area (Å²) in [5.41, 5.74) is 8.83. The van der Waals surface area contributed by atoms with Gasteiger partial charge < -0.3 is 11.1 Å². The number of rotatable bonds is 3. The number of para-hydroxylation sites is 2. The number of nitrogens with two attached hydrogens (primary N) is 1. The van der Waals surface area contributed by atoms with Crippen molar-refractivity contribution in [3.63, 3.8) is 0 Å². The number of benzene rings is 1. The van der Waals surface area contributed by atoms with Crippen molar-refractivity contribution < 1.29 is 0 Å². The largest absolute Gasteiger partial charge is 0.381 e. The molecule has 4 nitrogen and oxygen atoms in total. The van der Waals surface area contributed by atoms with Crippen LogP contribution in [0.1, 0.15) is 18.5 Å². The van der Waals surface area contributed by atoms with Crippen molar-refractivity contribution in [3.05, 3.63) is 46.7 Å². The average molecular weight is 270 g/mol. The number of aromatic nitrogens is 2. The number of thiophene rings is 1.